The first kappa shape index (κ1) is 10.3. The Morgan fingerprint density at radius 2 is 1.90 bits per heavy atom. The predicted octanol–water partition coefficient (Wildman–Crippen LogP) is 3.04. The second-order valence-corrected chi connectivity index (χ2v) is 9.85. The largest absolute Gasteiger partial charge is 0.132 e. The van der Waals surface area contributed by atoms with Crippen molar-refractivity contribution in [2.45, 2.75) is 37.8 Å². The van der Waals surface area contributed by atoms with Gasteiger partial charge in [0.15, 0.2) is 0 Å². The molecule has 0 bridgehead atoms. The van der Waals surface area contributed by atoms with Crippen molar-refractivity contribution in [2.24, 2.45) is 0 Å². The van der Waals surface area contributed by atoms with Crippen molar-refractivity contribution in [1.29, 1.82) is 0 Å². The lowest BCUT2D eigenvalue weighted by Crippen LogP contribution is -2.16. The summed E-state index contributed by atoms with van der Waals surface area (Å²) in [5.74, 6) is 3.19. The summed E-state index contributed by atoms with van der Waals surface area (Å²) in [6, 6.07) is 0. The molecular weight excluding hydrogens is 204 g/mol. The van der Waals surface area contributed by atoms with Crippen molar-refractivity contribution in [3.8, 4) is 11.5 Å². The molecule has 0 spiro atoms. The zero-order valence-corrected chi connectivity index (χ0v) is 9.75. The number of hydrogen-bond donors (Lipinski definition) is 0. The lowest BCUT2D eigenvalue weighted by molar-refractivity contribution is 1.03. The zero-order valence-electron chi connectivity index (χ0n) is 7.16. The molecule has 0 amide bonds. The summed E-state index contributed by atoms with van der Waals surface area (Å²) in [6.07, 6.45) is 0.976. The van der Waals surface area contributed by atoms with Gasteiger partial charge in [0.25, 0.3) is 0 Å². The SMILES string of the molecule is CC(Br)CC#C[Si](C)(C)C. The zero-order chi connectivity index (χ0) is 8.20. The Morgan fingerprint density at radius 3 is 2.20 bits per heavy atom. The van der Waals surface area contributed by atoms with Crippen LogP contribution < -0.4 is 0 Å². The molecule has 0 heterocycles. The molecule has 0 aliphatic heterocycles. The topological polar surface area (TPSA) is 0 Å². The molecule has 1 unspecified atom stereocenters. The van der Waals surface area contributed by atoms with Gasteiger partial charge in [-0.2, -0.15) is 0 Å². The van der Waals surface area contributed by atoms with Crippen molar-refractivity contribution < 1.29 is 0 Å². The number of alkyl halides is 1. The first-order chi connectivity index (χ1) is 4.42. The highest BCUT2D eigenvalue weighted by Gasteiger charge is 2.06. The minimum absolute atomic E-state index is 0.538. The highest BCUT2D eigenvalue weighted by Crippen LogP contribution is 2.02. The third-order valence-electron chi connectivity index (χ3n) is 0.847. The molecule has 0 saturated carbocycles. The minimum Gasteiger partial charge on any atom is -0.132 e. The predicted molar refractivity (Wildman–Crippen MR) is 54.1 cm³/mol. The van der Waals surface area contributed by atoms with Crippen molar-refractivity contribution in [3.05, 3.63) is 0 Å². The molecule has 0 nitrogen and oxygen atoms in total. The fraction of sp³-hybridized carbons (Fsp3) is 0.750. The van der Waals surface area contributed by atoms with Crippen LogP contribution in [0.15, 0.2) is 0 Å². The molecule has 0 N–H and O–H groups in total. The smallest absolute Gasteiger partial charge is 0.129 e. The van der Waals surface area contributed by atoms with Crippen LogP contribution in [0.25, 0.3) is 0 Å². The number of rotatable bonds is 1. The van der Waals surface area contributed by atoms with Gasteiger partial charge in [-0.15, -0.1) is 11.5 Å². The molecule has 0 rings (SSSR count). The Morgan fingerprint density at radius 1 is 1.40 bits per heavy atom. The van der Waals surface area contributed by atoms with Crippen LogP contribution in [0.4, 0.5) is 0 Å². The Balaban J connectivity index is 3.71. The van der Waals surface area contributed by atoms with Crippen LogP contribution in [0.1, 0.15) is 13.3 Å². The van der Waals surface area contributed by atoms with Crippen LogP contribution in [0.3, 0.4) is 0 Å². The Kier molecular flexibility index (Phi) is 4.31. The minimum atomic E-state index is -1.11. The maximum Gasteiger partial charge on any atom is 0.129 e. The molecule has 0 radical (unpaired) electrons. The van der Waals surface area contributed by atoms with Gasteiger partial charge >= 0.3 is 0 Å². The number of halogens is 1. The van der Waals surface area contributed by atoms with E-state index in [4.69, 9.17) is 0 Å². The second kappa shape index (κ2) is 4.20. The fourth-order valence-electron chi connectivity index (χ4n) is 0.457. The third kappa shape index (κ3) is 8.26. The molecule has 0 aliphatic carbocycles. The lowest BCUT2D eigenvalue weighted by Gasteiger charge is -2.03. The molecular formula is C8H15BrSi. The summed E-state index contributed by atoms with van der Waals surface area (Å²) < 4.78 is 0. The molecule has 58 valence electrons. The van der Waals surface area contributed by atoms with Crippen LogP contribution in [0, 0.1) is 11.5 Å². The standard InChI is InChI=1S/C8H15BrSi/c1-8(9)6-5-7-10(2,3)4/h8H,6H2,1-4H3. The van der Waals surface area contributed by atoms with Gasteiger partial charge in [0.05, 0.1) is 0 Å². The van der Waals surface area contributed by atoms with E-state index in [1.165, 1.54) is 0 Å². The van der Waals surface area contributed by atoms with Gasteiger partial charge in [0.2, 0.25) is 0 Å². The summed E-state index contributed by atoms with van der Waals surface area (Å²) in [5.41, 5.74) is 3.31. The summed E-state index contributed by atoms with van der Waals surface area (Å²) >= 11 is 3.46. The van der Waals surface area contributed by atoms with E-state index < -0.39 is 8.07 Å². The van der Waals surface area contributed by atoms with Gasteiger partial charge in [-0.3, -0.25) is 0 Å². The van der Waals surface area contributed by atoms with Crippen molar-refractivity contribution >= 4 is 24.0 Å². The van der Waals surface area contributed by atoms with Gasteiger partial charge in [0, 0.05) is 11.2 Å². The van der Waals surface area contributed by atoms with Crippen molar-refractivity contribution in [3.63, 3.8) is 0 Å². The molecule has 0 fully saturated rings. The first-order valence-electron chi connectivity index (χ1n) is 3.56. The van der Waals surface area contributed by atoms with Gasteiger partial charge < -0.3 is 0 Å². The lowest BCUT2D eigenvalue weighted by atomic mass is 10.4. The maximum absolute atomic E-state index is 3.46. The van der Waals surface area contributed by atoms with Crippen LogP contribution in [0.5, 0.6) is 0 Å². The van der Waals surface area contributed by atoms with Crippen LogP contribution in [0.2, 0.25) is 19.6 Å². The summed E-state index contributed by atoms with van der Waals surface area (Å²) in [6.45, 7) is 8.91. The van der Waals surface area contributed by atoms with E-state index in [1.807, 2.05) is 0 Å². The molecule has 0 saturated heterocycles. The molecule has 0 aliphatic rings. The van der Waals surface area contributed by atoms with E-state index in [1.54, 1.807) is 0 Å². The normalized spacial score (nSPS) is 13.7. The maximum atomic E-state index is 3.46. The Hall–Kier alpha value is 0.257. The van der Waals surface area contributed by atoms with E-state index in [9.17, 15) is 0 Å². The average molecular weight is 219 g/mol. The van der Waals surface area contributed by atoms with Crippen LogP contribution in [-0.4, -0.2) is 12.9 Å². The fourth-order valence-corrected chi connectivity index (χ4v) is 1.25. The molecule has 10 heavy (non-hydrogen) atoms. The average Bonchev–Trinajstić information content (AvgIpc) is 1.59. The molecule has 0 aromatic carbocycles. The van der Waals surface area contributed by atoms with E-state index in [0.717, 1.165) is 6.42 Å². The summed E-state index contributed by atoms with van der Waals surface area (Å²) in [5, 5.41) is 0. The quantitative estimate of drug-likeness (QED) is 0.361. The van der Waals surface area contributed by atoms with Crippen LogP contribution in [-0.2, 0) is 0 Å². The highest BCUT2D eigenvalue weighted by atomic mass is 79.9. The summed E-state index contributed by atoms with van der Waals surface area (Å²) in [4.78, 5) is 0.538. The number of hydrogen-bond acceptors (Lipinski definition) is 0. The van der Waals surface area contributed by atoms with Gasteiger partial charge in [-0.05, 0) is 0 Å². The van der Waals surface area contributed by atoms with E-state index in [0.29, 0.717) is 4.83 Å². The Bertz CT molecular complexity index is 145. The molecule has 0 aromatic heterocycles. The molecule has 1 atom stereocenters. The van der Waals surface area contributed by atoms with E-state index >= 15 is 0 Å². The van der Waals surface area contributed by atoms with Crippen molar-refractivity contribution in [2.75, 3.05) is 0 Å². The highest BCUT2D eigenvalue weighted by molar-refractivity contribution is 9.09. The van der Waals surface area contributed by atoms with Crippen molar-refractivity contribution in [1.82, 2.24) is 0 Å². The molecule has 2 heteroatoms. The molecule has 0 aromatic rings. The van der Waals surface area contributed by atoms with E-state index in [2.05, 4.69) is 54.0 Å². The third-order valence-corrected chi connectivity index (χ3v) is 2.10. The van der Waals surface area contributed by atoms with Gasteiger partial charge in [-0.25, -0.2) is 0 Å². The monoisotopic (exact) mass is 218 g/mol. The Labute approximate surface area is 73.5 Å². The summed E-state index contributed by atoms with van der Waals surface area (Å²) in [7, 11) is -1.11. The van der Waals surface area contributed by atoms with Gasteiger partial charge in [0.1, 0.15) is 8.07 Å². The second-order valence-electron chi connectivity index (χ2n) is 3.54. The first-order valence-corrected chi connectivity index (χ1v) is 7.97. The van der Waals surface area contributed by atoms with Gasteiger partial charge in [-0.1, -0.05) is 42.5 Å². The van der Waals surface area contributed by atoms with E-state index in [-0.39, 0.29) is 0 Å². The van der Waals surface area contributed by atoms with Crippen LogP contribution >= 0.6 is 15.9 Å².